The van der Waals surface area contributed by atoms with Gasteiger partial charge in [0.05, 0.1) is 4.92 Å². The summed E-state index contributed by atoms with van der Waals surface area (Å²) in [5.41, 5.74) is 3.27. The van der Waals surface area contributed by atoms with E-state index in [9.17, 15) is 19.7 Å². The summed E-state index contributed by atoms with van der Waals surface area (Å²) in [5.74, 6) is -0.289. The number of carbonyl (C=O) groups excluding carboxylic acids is 2. The van der Waals surface area contributed by atoms with E-state index in [4.69, 9.17) is 0 Å². The SMILES string of the molecule is CCC(=O)N1CCCc2ccc(NC(=O)c3ccc([N+](=O)[O-])c(C)c3)cc21. The second-order valence-electron chi connectivity index (χ2n) is 6.56. The monoisotopic (exact) mass is 367 g/mol. The van der Waals surface area contributed by atoms with Gasteiger partial charge in [-0.1, -0.05) is 13.0 Å². The molecule has 0 aliphatic carbocycles. The molecule has 1 aliphatic rings. The van der Waals surface area contributed by atoms with Crippen LogP contribution in [0.25, 0.3) is 0 Å². The quantitative estimate of drug-likeness (QED) is 0.656. The van der Waals surface area contributed by atoms with E-state index in [1.54, 1.807) is 11.8 Å². The minimum Gasteiger partial charge on any atom is -0.322 e. The number of carbonyl (C=O) groups is 2. The molecule has 0 spiro atoms. The lowest BCUT2D eigenvalue weighted by molar-refractivity contribution is -0.385. The summed E-state index contributed by atoms with van der Waals surface area (Å²) < 4.78 is 0. The fourth-order valence-electron chi connectivity index (χ4n) is 3.31. The third-order valence-corrected chi connectivity index (χ3v) is 4.72. The lowest BCUT2D eigenvalue weighted by atomic mass is 10.0. The normalized spacial score (nSPS) is 13.0. The minimum absolute atomic E-state index is 0.0194. The predicted molar refractivity (Wildman–Crippen MR) is 103 cm³/mol. The van der Waals surface area contributed by atoms with Gasteiger partial charge in [0, 0.05) is 41.5 Å². The first-order valence-electron chi connectivity index (χ1n) is 8.90. The molecule has 3 rings (SSSR count). The number of hydrogen-bond donors (Lipinski definition) is 1. The van der Waals surface area contributed by atoms with Gasteiger partial charge in [0.1, 0.15) is 0 Å². The Morgan fingerprint density at radius 1 is 1.22 bits per heavy atom. The Morgan fingerprint density at radius 3 is 2.67 bits per heavy atom. The maximum atomic E-state index is 12.5. The molecule has 7 nitrogen and oxygen atoms in total. The van der Waals surface area contributed by atoms with Crippen LogP contribution in [0.3, 0.4) is 0 Å². The van der Waals surface area contributed by atoms with Gasteiger partial charge in [-0.15, -0.1) is 0 Å². The van der Waals surface area contributed by atoms with E-state index in [-0.39, 0.29) is 17.5 Å². The van der Waals surface area contributed by atoms with Crippen LogP contribution in [0.2, 0.25) is 0 Å². The average molecular weight is 367 g/mol. The number of nitro benzene ring substituents is 1. The molecule has 0 bridgehead atoms. The van der Waals surface area contributed by atoms with Gasteiger partial charge in [0.25, 0.3) is 11.6 Å². The van der Waals surface area contributed by atoms with E-state index in [0.717, 1.165) is 24.1 Å². The molecular formula is C20H21N3O4. The molecule has 0 aromatic heterocycles. The zero-order valence-electron chi connectivity index (χ0n) is 15.3. The summed E-state index contributed by atoms with van der Waals surface area (Å²) >= 11 is 0. The van der Waals surface area contributed by atoms with Gasteiger partial charge in [-0.3, -0.25) is 19.7 Å². The van der Waals surface area contributed by atoms with Crippen molar-refractivity contribution in [2.75, 3.05) is 16.8 Å². The van der Waals surface area contributed by atoms with Crippen LogP contribution in [0.1, 0.15) is 41.3 Å². The zero-order chi connectivity index (χ0) is 19.6. The van der Waals surface area contributed by atoms with Gasteiger partial charge >= 0.3 is 0 Å². The Hall–Kier alpha value is -3.22. The van der Waals surface area contributed by atoms with Crippen LogP contribution in [-0.2, 0) is 11.2 Å². The fraction of sp³-hybridized carbons (Fsp3) is 0.300. The molecule has 0 unspecified atom stereocenters. The van der Waals surface area contributed by atoms with Crippen molar-refractivity contribution >= 4 is 28.9 Å². The van der Waals surface area contributed by atoms with E-state index >= 15 is 0 Å². The maximum Gasteiger partial charge on any atom is 0.272 e. The van der Waals surface area contributed by atoms with Crippen molar-refractivity contribution in [3.63, 3.8) is 0 Å². The van der Waals surface area contributed by atoms with Crippen LogP contribution in [-0.4, -0.2) is 23.3 Å². The number of aryl methyl sites for hydroxylation is 2. The third kappa shape index (κ3) is 3.81. The molecule has 2 aromatic rings. The standard InChI is InChI=1S/C20H21N3O4/c1-3-19(24)22-10-4-5-14-6-8-16(12-18(14)22)21-20(25)15-7-9-17(23(26)27)13(2)11-15/h6-9,11-12H,3-5,10H2,1-2H3,(H,21,25). The molecular weight excluding hydrogens is 346 g/mol. The van der Waals surface area contributed by atoms with E-state index < -0.39 is 4.92 Å². The predicted octanol–water partition coefficient (Wildman–Crippen LogP) is 3.84. The number of amides is 2. The zero-order valence-corrected chi connectivity index (χ0v) is 15.3. The van der Waals surface area contributed by atoms with Crippen LogP contribution >= 0.6 is 0 Å². The van der Waals surface area contributed by atoms with Crippen molar-refractivity contribution < 1.29 is 14.5 Å². The number of nitro groups is 1. The Balaban J connectivity index is 1.84. The van der Waals surface area contributed by atoms with Gasteiger partial charge in [-0.05, 0) is 49.6 Å². The Morgan fingerprint density at radius 2 is 2.00 bits per heavy atom. The first kappa shape index (κ1) is 18.6. The van der Waals surface area contributed by atoms with Gasteiger partial charge < -0.3 is 10.2 Å². The first-order valence-corrected chi connectivity index (χ1v) is 8.90. The molecule has 1 N–H and O–H groups in total. The van der Waals surface area contributed by atoms with Crippen molar-refractivity contribution in [1.82, 2.24) is 0 Å². The number of nitrogens with zero attached hydrogens (tertiary/aromatic N) is 2. The second kappa shape index (κ2) is 7.57. The highest BCUT2D eigenvalue weighted by atomic mass is 16.6. The van der Waals surface area contributed by atoms with E-state index in [1.807, 2.05) is 25.1 Å². The highest BCUT2D eigenvalue weighted by molar-refractivity contribution is 6.05. The second-order valence-corrected chi connectivity index (χ2v) is 6.56. The molecule has 140 valence electrons. The molecule has 1 heterocycles. The van der Waals surface area contributed by atoms with E-state index in [0.29, 0.717) is 29.8 Å². The van der Waals surface area contributed by atoms with E-state index in [1.165, 1.54) is 18.2 Å². The van der Waals surface area contributed by atoms with E-state index in [2.05, 4.69) is 5.32 Å². The van der Waals surface area contributed by atoms with Crippen LogP contribution in [0, 0.1) is 17.0 Å². The summed E-state index contributed by atoms with van der Waals surface area (Å²) in [6.45, 7) is 4.11. The highest BCUT2D eigenvalue weighted by Crippen LogP contribution is 2.31. The molecule has 0 fully saturated rings. The molecule has 27 heavy (non-hydrogen) atoms. The van der Waals surface area contributed by atoms with Crippen LogP contribution in [0.15, 0.2) is 36.4 Å². The fourth-order valence-corrected chi connectivity index (χ4v) is 3.31. The summed E-state index contributed by atoms with van der Waals surface area (Å²) in [5, 5.41) is 13.7. The number of anilines is 2. The Labute approximate surface area is 157 Å². The van der Waals surface area contributed by atoms with Crippen LogP contribution < -0.4 is 10.2 Å². The number of hydrogen-bond acceptors (Lipinski definition) is 4. The molecule has 2 aromatic carbocycles. The van der Waals surface area contributed by atoms with Gasteiger partial charge in [-0.25, -0.2) is 0 Å². The molecule has 0 radical (unpaired) electrons. The molecule has 7 heteroatoms. The minimum atomic E-state index is -0.472. The average Bonchev–Trinajstić information content (AvgIpc) is 2.66. The molecule has 2 amide bonds. The highest BCUT2D eigenvalue weighted by Gasteiger charge is 2.22. The molecule has 1 aliphatic heterocycles. The summed E-state index contributed by atoms with van der Waals surface area (Å²) in [6, 6.07) is 9.83. The molecule has 0 saturated heterocycles. The molecule has 0 saturated carbocycles. The molecule has 0 atom stereocenters. The van der Waals surface area contributed by atoms with Gasteiger partial charge in [-0.2, -0.15) is 0 Å². The summed E-state index contributed by atoms with van der Waals surface area (Å²) in [7, 11) is 0. The van der Waals surface area contributed by atoms with Crippen molar-refractivity contribution in [1.29, 1.82) is 0 Å². The topological polar surface area (TPSA) is 92.6 Å². The lowest BCUT2D eigenvalue weighted by Gasteiger charge is -2.29. The summed E-state index contributed by atoms with van der Waals surface area (Å²) in [6.07, 6.45) is 2.25. The Bertz CT molecular complexity index is 923. The van der Waals surface area contributed by atoms with Crippen molar-refractivity contribution in [2.24, 2.45) is 0 Å². The maximum absolute atomic E-state index is 12.5. The van der Waals surface area contributed by atoms with Crippen molar-refractivity contribution in [3.05, 3.63) is 63.2 Å². The number of rotatable bonds is 4. The largest absolute Gasteiger partial charge is 0.322 e. The van der Waals surface area contributed by atoms with Gasteiger partial charge in [0.15, 0.2) is 0 Å². The van der Waals surface area contributed by atoms with Crippen molar-refractivity contribution in [3.8, 4) is 0 Å². The number of nitrogens with one attached hydrogen (secondary N) is 1. The first-order chi connectivity index (χ1) is 12.9. The number of benzene rings is 2. The number of fused-ring (bicyclic) bond motifs is 1. The Kier molecular flexibility index (Phi) is 5.21. The van der Waals surface area contributed by atoms with Crippen molar-refractivity contribution in [2.45, 2.75) is 33.1 Å². The lowest BCUT2D eigenvalue weighted by Crippen LogP contribution is -2.35. The third-order valence-electron chi connectivity index (χ3n) is 4.72. The van der Waals surface area contributed by atoms with Gasteiger partial charge in [0.2, 0.25) is 5.91 Å². The smallest absolute Gasteiger partial charge is 0.272 e. The summed E-state index contributed by atoms with van der Waals surface area (Å²) in [4.78, 5) is 36.9. The van der Waals surface area contributed by atoms with Crippen LogP contribution in [0.5, 0.6) is 0 Å². The van der Waals surface area contributed by atoms with Crippen LogP contribution in [0.4, 0.5) is 17.1 Å².